The molecule has 2 amide bonds. The van der Waals surface area contributed by atoms with Crippen LogP contribution in [-0.4, -0.2) is 36.2 Å². The second-order valence-electron chi connectivity index (χ2n) is 7.43. The van der Waals surface area contributed by atoms with Crippen LogP contribution in [-0.2, 0) is 10.9 Å². The van der Waals surface area contributed by atoms with Crippen molar-refractivity contribution in [1.82, 2.24) is 10.2 Å². The highest BCUT2D eigenvalue weighted by atomic mass is 35.5. The van der Waals surface area contributed by atoms with E-state index in [4.69, 9.17) is 16.3 Å². The van der Waals surface area contributed by atoms with Gasteiger partial charge in [0.1, 0.15) is 11.9 Å². The fourth-order valence-electron chi connectivity index (χ4n) is 3.19. The number of carbonyl (C=O) groups excluding carboxylic acids is 1. The number of carbonyl (C=O) groups is 1. The van der Waals surface area contributed by atoms with Crippen LogP contribution in [0.1, 0.15) is 36.6 Å². The molecular weight excluding hydrogens is 424 g/mol. The summed E-state index contributed by atoms with van der Waals surface area (Å²) in [4.78, 5) is 13.5. The Morgan fingerprint density at radius 2 is 1.80 bits per heavy atom. The van der Waals surface area contributed by atoms with Gasteiger partial charge in [-0.05, 0) is 49.2 Å². The van der Waals surface area contributed by atoms with Gasteiger partial charge in [-0.25, -0.2) is 9.18 Å². The first-order valence-corrected chi connectivity index (χ1v) is 9.75. The van der Waals surface area contributed by atoms with Crippen LogP contribution >= 0.6 is 11.6 Å². The van der Waals surface area contributed by atoms with E-state index in [1.165, 1.54) is 4.90 Å². The normalized spacial score (nSPS) is 15.8. The van der Waals surface area contributed by atoms with Crippen LogP contribution in [0.15, 0.2) is 42.5 Å². The maximum absolute atomic E-state index is 13.6. The van der Waals surface area contributed by atoms with Crippen LogP contribution in [0.25, 0.3) is 0 Å². The van der Waals surface area contributed by atoms with Crippen molar-refractivity contribution in [3.05, 3.63) is 70.0 Å². The van der Waals surface area contributed by atoms with E-state index < -0.39 is 29.8 Å². The number of hydrogen-bond acceptors (Lipinski definition) is 2. The fraction of sp³-hybridized carbons (Fsp3) is 0.381. The third kappa shape index (κ3) is 5.23. The zero-order valence-electron chi connectivity index (χ0n) is 16.3. The number of likely N-dealkylation sites (tertiary alicyclic amines) is 1. The van der Waals surface area contributed by atoms with E-state index in [0.717, 1.165) is 12.1 Å². The number of nitrogens with zero attached hydrogens (tertiary/aromatic N) is 1. The van der Waals surface area contributed by atoms with Crippen molar-refractivity contribution >= 4 is 17.6 Å². The van der Waals surface area contributed by atoms with Crippen molar-refractivity contribution < 1.29 is 27.1 Å². The highest BCUT2D eigenvalue weighted by Crippen LogP contribution is 2.39. The summed E-state index contributed by atoms with van der Waals surface area (Å²) in [5.41, 5.74) is -0.853. The summed E-state index contributed by atoms with van der Waals surface area (Å²) >= 11 is 5.91. The Morgan fingerprint density at radius 3 is 2.37 bits per heavy atom. The summed E-state index contributed by atoms with van der Waals surface area (Å²) in [6, 6.07) is 8.46. The van der Waals surface area contributed by atoms with Gasteiger partial charge >= 0.3 is 12.2 Å². The zero-order valence-corrected chi connectivity index (χ0v) is 17.1. The lowest BCUT2D eigenvalue weighted by Gasteiger charge is -2.41. The molecule has 162 valence electrons. The van der Waals surface area contributed by atoms with E-state index in [-0.39, 0.29) is 30.7 Å². The lowest BCUT2D eigenvalue weighted by atomic mass is 9.95. The maximum Gasteiger partial charge on any atom is 0.416 e. The lowest BCUT2D eigenvalue weighted by molar-refractivity contribution is -0.140. The minimum Gasteiger partial charge on any atom is -0.362 e. The first-order valence-electron chi connectivity index (χ1n) is 9.37. The largest absolute Gasteiger partial charge is 0.416 e. The van der Waals surface area contributed by atoms with Gasteiger partial charge in [0.05, 0.1) is 24.8 Å². The van der Waals surface area contributed by atoms with Crippen LogP contribution in [0.4, 0.5) is 22.4 Å². The second-order valence-corrected chi connectivity index (χ2v) is 7.86. The van der Waals surface area contributed by atoms with E-state index in [0.29, 0.717) is 16.7 Å². The van der Waals surface area contributed by atoms with Gasteiger partial charge < -0.3 is 15.0 Å². The van der Waals surface area contributed by atoms with E-state index in [9.17, 15) is 22.4 Å². The molecule has 1 aliphatic heterocycles. The first kappa shape index (κ1) is 22.4. The fourth-order valence-corrected chi connectivity index (χ4v) is 3.32. The molecule has 1 atom stereocenters. The number of rotatable bonds is 5. The SMILES string of the molecule is CC(C)NC(=O)N1CC(OC(c2ccc(Cl)cc2)c2ccc(F)cc2C(F)(F)F)C1. The molecule has 0 bridgehead atoms. The molecule has 1 heterocycles. The number of ether oxygens (including phenoxy) is 1. The van der Waals surface area contributed by atoms with E-state index in [2.05, 4.69) is 5.32 Å². The number of amides is 2. The number of hydrogen-bond donors (Lipinski definition) is 1. The van der Waals surface area contributed by atoms with Gasteiger partial charge in [0.25, 0.3) is 0 Å². The molecule has 1 unspecified atom stereocenters. The van der Waals surface area contributed by atoms with E-state index in [1.807, 2.05) is 13.8 Å². The first-order chi connectivity index (χ1) is 14.0. The lowest BCUT2D eigenvalue weighted by Crippen LogP contribution is -2.58. The Bertz CT molecular complexity index is 897. The van der Waals surface area contributed by atoms with Gasteiger partial charge in [0, 0.05) is 11.1 Å². The Kier molecular flexibility index (Phi) is 6.57. The maximum atomic E-state index is 13.6. The quantitative estimate of drug-likeness (QED) is 0.627. The number of halogens is 5. The molecule has 0 saturated carbocycles. The average molecular weight is 445 g/mol. The highest BCUT2D eigenvalue weighted by molar-refractivity contribution is 6.30. The third-order valence-corrected chi connectivity index (χ3v) is 4.90. The number of alkyl halides is 3. The average Bonchev–Trinajstić information content (AvgIpc) is 2.61. The summed E-state index contributed by atoms with van der Waals surface area (Å²) in [7, 11) is 0. The van der Waals surface area contributed by atoms with Gasteiger partial charge in [-0.1, -0.05) is 29.8 Å². The molecule has 1 fully saturated rings. The van der Waals surface area contributed by atoms with Crippen LogP contribution in [0.2, 0.25) is 5.02 Å². The zero-order chi connectivity index (χ0) is 22.1. The molecule has 30 heavy (non-hydrogen) atoms. The number of nitrogens with one attached hydrogen (secondary N) is 1. The van der Waals surface area contributed by atoms with Gasteiger partial charge in [0.2, 0.25) is 0 Å². The van der Waals surface area contributed by atoms with Crippen LogP contribution < -0.4 is 5.32 Å². The topological polar surface area (TPSA) is 41.6 Å². The molecule has 0 aromatic heterocycles. The molecule has 1 saturated heterocycles. The van der Waals surface area contributed by atoms with Gasteiger partial charge in [-0.15, -0.1) is 0 Å². The molecule has 9 heteroatoms. The van der Waals surface area contributed by atoms with Crippen LogP contribution in [0, 0.1) is 5.82 Å². The minimum absolute atomic E-state index is 0.0344. The van der Waals surface area contributed by atoms with Crippen molar-refractivity contribution in [2.24, 2.45) is 0 Å². The standard InChI is InChI=1S/C21H21ClF4N2O2/c1-12(2)27-20(29)28-10-16(11-28)30-19(13-3-5-14(22)6-4-13)17-8-7-15(23)9-18(17)21(24,25)26/h3-9,12,16,19H,10-11H2,1-2H3,(H,27,29). The molecular formula is C21H21ClF4N2O2. The highest BCUT2D eigenvalue weighted by Gasteiger charge is 2.39. The van der Waals surface area contributed by atoms with Crippen LogP contribution in [0.3, 0.4) is 0 Å². The van der Waals surface area contributed by atoms with E-state index in [1.54, 1.807) is 24.3 Å². The monoisotopic (exact) mass is 444 g/mol. The van der Waals surface area contributed by atoms with Gasteiger partial charge in [0.15, 0.2) is 0 Å². The molecule has 4 nitrogen and oxygen atoms in total. The van der Waals surface area contributed by atoms with Gasteiger partial charge in [-0.2, -0.15) is 13.2 Å². The second kappa shape index (κ2) is 8.81. The summed E-state index contributed by atoms with van der Waals surface area (Å²) in [6.45, 7) is 4.14. The summed E-state index contributed by atoms with van der Waals surface area (Å²) in [5.74, 6) is -0.985. The number of benzene rings is 2. The number of urea groups is 1. The van der Waals surface area contributed by atoms with E-state index >= 15 is 0 Å². The molecule has 1 N–H and O–H groups in total. The van der Waals surface area contributed by atoms with Crippen molar-refractivity contribution in [3.8, 4) is 0 Å². The molecule has 0 radical (unpaired) electrons. The van der Waals surface area contributed by atoms with Crippen molar-refractivity contribution in [2.75, 3.05) is 13.1 Å². The summed E-state index contributed by atoms with van der Waals surface area (Å²) < 4.78 is 60.3. The Hall–Kier alpha value is -2.32. The summed E-state index contributed by atoms with van der Waals surface area (Å²) in [5, 5.41) is 3.17. The predicted molar refractivity (Wildman–Crippen MR) is 105 cm³/mol. The van der Waals surface area contributed by atoms with Gasteiger partial charge in [-0.3, -0.25) is 0 Å². The smallest absolute Gasteiger partial charge is 0.362 e. The minimum atomic E-state index is -4.76. The molecule has 2 aromatic carbocycles. The molecule has 0 spiro atoms. The van der Waals surface area contributed by atoms with Crippen LogP contribution in [0.5, 0.6) is 0 Å². The molecule has 3 rings (SSSR count). The molecule has 1 aliphatic rings. The van der Waals surface area contributed by atoms with Crippen molar-refractivity contribution in [1.29, 1.82) is 0 Å². The Morgan fingerprint density at radius 1 is 1.17 bits per heavy atom. The molecule has 2 aromatic rings. The predicted octanol–water partition coefficient (Wildman–Crippen LogP) is 5.41. The summed E-state index contributed by atoms with van der Waals surface area (Å²) in [6.07, 6.45) is -6.32. The molecule has 0 aliphatic carbocycles. The van der Waals surface area contributed by atoms with Crippen molar-refractivity contribution in [3.63, 3.8) is 0 Å². The Balaban J connectivity index is 1.87. The Labute approximate surface area is 176 Å². The third-order valence-electron chi connectivity index (χ3n) is 4.65. The van der Waals surface area contributed by atoms with Crippen molar-refractivity contribution in [2.45, 2.75) is 38.3 Å².